The minimum atomic E-state index is -0.168. The van der Waals surface area contributed by atoms with E-state index in [0.29, 0.717) is 22.3 Å². The summed E-state index contributed by atoms with van der Waals surface area (Å²) in [4.78, 5) is 14.3. The Labute approximate surface area is 168 Å². The largest absolute Gasteiger partial charge is 0.497 e. The highest BCUT2D eigenvalue weighted by Crippen LogP contribution is 2.29. The van der Waals surface area contributed by atoms with Crippen molar-refractivity contribution in [3.63, 3.8) is 0 Å². The monoisotopic (exact) mass is 402 g/mol. The number of ether oxygens (including phenoxy) is 1. The van der Waals surface area contributed by atoms with E-state index < -0.39 is 0 Å². The number of halogens is 2. The van der Waals surface area contributed by atoms with Crippen LogP contribution < -0.4 is 10.1 Å². The lowest BCUT2D eigenvalue weighted by Gasteiger charge is -2.17. The summed E-state index contributed by atoms with van der Waals surface area (Å²) in [5.41, 5.74) is 1.57. The van der Waals surface area contributed by atoms with Gasteiger partial charge in [-0.2, -0.15) is 0 Å². The Morgan fingerprint density at radius 3 is 2.41 bits per heavy atom. The number of methoxy groups -OCH3 is 1. The third-order valence-corrected chi connectivity index (χ3v) is 4.83. The second-order valence-electron chi connectivity index (χ2n) is 6.36. The number of rotatable bonds is 6. The summed E-state index contributed by atoms with van der Waals surface area (Å²) in [6.07, 6.45) is 0. The Morgan fingerprint density at radius 2 is 1.70 bits per heavy atom. The third-order valence-electron chi connectivity index (χ3n) is 4.21. The highest BCUT2D eigenvalue weighted by Gasteiger charge is 2.12. The van der Waals surface area contributed by atoms with Crippen LogP contribution in [0.2, 0.25) is 10.0 Å². The lowest BCUT2D eigenvalue weighted by atomic mass is 10.1. The second kappa shape index (κ2) is 8.61. The van der Waals surface area contributed by atoms with E-state index in [1.807, 2.05) is 30.1 Å². The highest BCUT2D eigenvalue weighted by atomic mass is 35.5. The molecule has 0 heterocycles. The molecular formula is C21H20Cl2N2O2. The first kappa shape index (κ1) is 19.5. The number of carbonyl (C=O) groups is 1. The van der Waals surface area contributed by atoms with Crippen LogP contribution in [-0.2, 0) is 11.3 Å². The molecule has 1 amide bonds. The maximum atomic E-state index is 12.3. The molecule has 4 nitrogen and oxygen atoms in total. The van der Waals surface area contributed by atoms with Crippen molar-refractivity contribution in [2.75, 3.05) is 26.0 Å². The fourth-order valence-corrected chi connectivity index (χ4v) is 3.40. The molecule has 0 saturated carbocycles. The van der Waals surface area contributed by atoms with Crippen molar-refractivity contribution in [2.24, 2.45) is 0 Å². The molecule has 1 N–H and O–H groups in total. The third kappa shape index (κ3) is 4.92. The van der Waals surface area contributed by atoms with E-state index in [9.17, 15) is 4.79 Å². The number of hydrogen-bond acceptors (Lipinski definition) is 3. The van der Waals surface area contributed by atoms with Crippen LogP contribution in [0.4, 0.5) is 5.69 Å². The van der Waals surface area contributed by atoms with E-state index in [-0.39, 0.29) is 12.5 Å². The van der Waals surface area contributed by atoms with Crippen LogP contribution >= 0.6 is 23.2 Å². The SMILES string of the molecule is COc1ccc2cc(CN(C)CC(=O)Nc3c(Cl)cccc3Cl)ccc2c1. The Bertz CT molecular complexity index is 955. The van der Waals surface area contributed by atoms with Gasteiger partial charge in [0.1, 0.15) is 5.75 Å². The van der Waals surface area contributed by atoms with Crippen LogP contribution in [0.25, 0.3) is 10.8 Å². The van der Waals surface area contributed by atoms with E-state index in [0.717, 1.165) is 22.1 Å². The summed E-state index contributed by atoms with van der Waals surface area (Å²) in [5.74, 6) is 0.667. The molecule has 3 aromatic rings. The smallest absolute Gasteiger partial charge is 0.238 e. The van der Waals surface area contributed by atoms with Gasteiger partial charge in [0.25, 0.3) is 0 Å². The van der Waals surface area contributed by atoms with E-state index in [4.69, 9.17) is 27.9 Å². The molecule has 0 atom stereocenters. The molecule has 0 aliphatic rings. The van der Waals surface area contributed by atoms with E-state index >= 15 is 0 Å². The maximum Gasteiger partial charge on any atom is 0.238 e. The maximum absolute atomic E-state index is 12.3. The van der Waals surface area contributed by atoms with Gasteiger partial charge in [0.2, 0.25) is 5.91 Å². The van der Waals surface area contributed by atoms with Gasteiger partial charge in [0.15, 0.2) is 0 Å². The van der Waals surface area contributed by atoms with Crippen molar-refractivity contribution < 1.29 is 9.53 Å². The molecule has 140 valence electrons. The quantitative estimate of drug-likeness (QED) is 0.613. The molecule has 0 spiro atoms. The van der Waals surface area contributed by atoms with Crippen LogP contribution in [0.5, 0.6) is 5.75 Å². The number of carbonyl (C=O) groups excluding carboxylic acids is 1. The molecule has 0 aliphatic heterocycles. The number of fused-ring (bicyclic) bond motifs is 1. The van der Waals surface area contributed by atoms with Crippen molar-refractivity contribution in [1.82, 2.24) is 4.90 Å². The van der Waals surface area contributed by atoms with E-state index in [1.54, 1.807) is 25.3 Å². The van der Waals surface area contributed by atoms with Gasteiger partial charge in [-0.15, -0.1) is 0 Å². The van der Waals surface area contributed by atoms with E-state index in [2.05, 4.69) is 23.5 Å². The number of likely N-dealkylation sites (N-methyl/N-ethyl adjacent to an activating group) is 1. The zero-order valence-corrected chi connectivity index (χ0v) is 16.6. The minimum Gasteiger partial charge on any atom is -0.497 e. The summed E-state index contributed by atoms with van der Waals surface area (Å²) in [5, 5.41) is 5.87. The first-order valence-electron chi connectivity index (χ1n) is 8.45. The van der Waals surface area contributed by atoms with Gasteiger partial charge in [-0.05, 0) is 53.7 Å². The average molecular weight is 403 g/mol. The molecule has 3 aromatic carbocycles. The summed E-state index contributed by atoms with van der Waals surface area (Å²) in [6.45, 7) is 0.869. The molecule has 0 bridgehead atoms. The summed E-state index contributed by atoms with van der Waals surface area (Å²) in [6, 6.07) is 17.3. The van der Waals surface area contributed by atoms with Gasteiger partial charge in [-0.1, -0.05) is 47.5 Å². The fourth-order valence-electron chi connectivity index (χ4n) is 2.91. The van der Waals surface area contributed by atoms with Crippen molar-refractivity contribution in [3.8, 4) is 5.75 Å². The van der Waals surface area contributed by atoms with Crippen LogP contribution in [0.15, 0.2) is 54.6 Å². The Kier molecular flexibility index (Phi) is 6.22. The zero-order chi connectivity index (χ0) is 19.4. The molecule has 0 saturated heterocycles. The highest BCUT2D eigenvalue weighted by molar-refractivity contribution is 6.39. The first-order valence-corrected chi connectivity index (χ1v) is 9.21. The first-order chi connectivity index (χ1) is 13.0. The number of anilines is 1. The molecule has 0 fully saturated rings. The Balaban J connectivity index is 1.64. The molecular weight excluding hydrogens is 383 g/mol. The summed E-state index contributed by atoms with van der Waals surface area (Å²) in [7, 11) is 3.55. The van der Waals surface area contributed by atoms with Crippen molar-refractivity contribution in [1.29, 1.82) is 0 Å². The lowest BCUT2D eigenvalue weighted by molar-refractivity contribution is -0.117. The van der Waals surface area contributed by atoms with Crippen LogP contribution in [0.3, 0.4) is 0 Å². The molecule has 27 heavy (non-hydrogen) atoms. The van der Waals surface area contributed by atoms with Gasteiger partial charge in [-0.25, -0.2) is 0 Å². The van der Waals surface area contributed by atoms with Gasteiger partial charge in [0, 0.05) is 6.54 Å². The Morgan fingerprint density at radius 1 is 1.04 bits per heavy atom. The standard InChI is InChI=1S/C21H20Cl2N2O2/c1-25(13-20(26)24-21-18(22)4-3-5-19(21)23)12-14-6-7-16-11-17(27-2)9-8-15(16)10-14/h3-11H,12-13H2,1-2H3,(H,24,26). The topological polar surface area (TPSA) is 41.6 Å². The lowest BCUT2D eigenvalue weighted by Crippen LogP contribution is -2.30. The molecule has 0 radical (unpaired) electrons. The number of benzene rings is 3. The van der Waals surface area contributed by atoms with Crippen LogP contribution in [0, 0.1) is 0 Å². The zero-order valence-electron chi connectivity index (χ0n) is 15.1. The number of nitrogens with zero attached hydrogens (tertiary/aromatic N) is 1. The van der Waals surface area contributed by atoms with Crippen LogP contribution in [-0.4, -0.2) is 31.5 Å². The molecule has 6 heteroatoms. The van der Waals surface area contributed by atoms with Gasteiger partial charge in [0.05, 0.1) is 29.4 Å². The minimum absolute atomic E-state index is 0.168. The van der Waals surface area contributed by atoms with E-state index in [1.165, 1.54) is 0 Å². The van der Waals surface area contributed by atoms with Gasteiger partial charge < -0.3 is 10.1 Å². The van der Waals surface area contributed by atoms with Crippen molar-refractivity contribution >= 4 is 45.6 Å². The average Bonchev–Trinajstić information content (AvgIpc) is 2.64. The molecule has 0 unspecified atom stereocenters. The van der Waals surface area contributed by atoms with Gasteiger partial charge >= 0.3 is 0 Å². The summed E-state index contributed by atoms with van der Waals surface area (Å²) >= 11 is 12.2. The Hall–Kier alpha value is -2.27. The van der Waals surface area contributed by atoms with Crippen molar-refractivity contribution in [3.05, 3.63) is 70.2 Å². The van der Waals surface area contributed by atoms with Crippen LogP contribution in [0.1, 0.15) is 5.56 Å². The number of hydrogen-bond donors (Lipinski definition) is 1. The second-order valence-corrected chi connectivity index (χ2v) is 7.18. The predicted molar refractivity (Wildman–Crippen MR) is 112 cm³/mol. The van der Waals surface area contributed by atoms with Gasteiger partial charge in [-0.3, -0.25) is 9.69 Å². The summed E-state index contributed by atoms with van der Waals surface area (Å²) < 4.78 is 5.25. The molecule has 3 rings (SSSR count). The fraction of sp³-hybridized carbons (Fsp3) is 0.190. The van der Waals surface area contributed by atoms with Crippen molar-refractivity contribution in [2.45, 2.75) is 6.54 Å². The normalized spacial score (nSPS) is 11.0. The molecule has 0 aliphatic carbocycles. The molecule has 0 aromatic heterocycles. The number of nitrogens with one attached hydrogen (secondary N) is 1. The predicted octanol–water partition coefficient (Wildman–Crippen LogP) is 5.23. The number of para-hydroxylation sites is 1. The number of amides is 1.